The standard InChI is InChI=1S/C22H23FN6O/c1-15-13-20(28-22(25-15)29-11-3-2-4-12-29)26-16-5-7-17(8-6-16)27-21(30)18-9-10-24-14-19(18)23/h5-10,13-14H,2-4,11-12H2,1H3,(H,27,30)(H,25,26,28). The molecule has 0 radical (unpaired) electrons. The molecule has 7 nitrogen and oxygen atoms in total. The van der Waals surface area contributed by atoms with Crippen molar-refractivity contribution in [1.29, 1.82) is 0 Å². The van der Waals surface area contributed by atoms with Gasteiger partial charge in [-0.15, -0.1) is 0 Å². The van der Waals surface area contributed by atoms with E-state index in [0.717, 1.165) is 55.3 Å². The van der Waals surface area contributed by atoms with Crippen molar-refractivity contribution < 1.29 is 9.18 Å². The van der Waals surface area contributed by atoms with E-state index in [1.807, 2.05) is 25.1 Å². The predicted octanol–water partition coefficient (Wildman–Crippen LogP) is 4.31. The molecule has 1 aromatic carbocycles. The highest BCUT2D eigenvalue weighted by Gasteiger charge is 2.15. The van der Waals surface area contributed by atoms with Gasteiger partial charge < -0.3 is 15.5 Å². The number of aromatic nitrogens is 3. The Bertz CT molecular complexity index is 1030. The van der Waals surface area contributed by atoms with E-state index in [0.29, 0.717) is 5.69 Å². The summed E-state index contributed by atoms with van der Waals surface area (Å²) in [6, 6.07) is 10.4. The van der Waals surface area contributed by atoms with Crippen molar-refractivity contribution in [2.24, 2.45) is 0 Å². The maximum Gasteiger partial charge on any atom is 0.258 e. The van der Waals surface area contributed by atoms with Crippen LogP contribution in [0.2, 0.25) is 0 Å². The number of hydrogen-bond donors (Lipinski definition) is 2. The molecular formula is C22H23FN6O. The number of rotatable bonds is 5. The molecule has 154 valence electrons. The van der Waals surface area contributed by atoms with Crippen LogP contribution in [0.4, 0.5) is 27.5 Å². The molecule has 0 saturated carbocycles. The second kappa shape index (κ2) is 8.86. The lowest BCUT2D eigenvalue weighted by Crippen LogP contribution is -2.31. The van der Waals surface area contributed by atoms with Crippen LogP contribution in [0, 0.1) is 12.7 Å². The minimum Gasteiger partial charge on any atom is -0.341 e. The van der Waals surface area contributed by atoms with E-state index in [4.69, 9.17) is 0 Å². The fourth-order valence-corrected chi connectivity index (χ4v) is 3.39. The molecule has 0 aliphatic carbocycles. The smallest absolute Gasteiger partial charge is 0.258 e. The number of benzene rings is 1. The molecule has 2 aromatic heterocycles. The molecule has 0 atom stereocenters. The molecule has 0 spiro atoms. The zero-order valence-electron chi connectivity index (χ0n) is 16.7. The molecule has 1 amide bonds. The highest BCUT2D eigenvalue weighted by molar-refractivity contribution is 6.04. The number of carbonyl (C=O) groups excluding carboxylic acids is 1. The topological polar surface area (TPSA) is 83.0 Å². The van der Waals surface area contributed by atoms with Gasteiger partial charge in [0.05, 0.1) is 11.8 Å². The molecule has 0 unspecified atom stereocenters. The third kappa shape index (κ3) is 4.71. The Morgan fingerprint density at radius 2 is 1.77 bits per heavy atom. The Hall–Kier alpha value is -3.55. The van der Waals surface area contributed by atoms with Crippen molar-refractivity contribution in [2.45, 2.75) is 26.2 Å². The first-order chi connectivity index (χ1) is 14.6. The Balaban J connectivity index is 1.44. The summed E-state index contributed by atoms with van der Waals surface area (Å²) < 4.78 is 13.7. The zero-order chi connectivity index (χ0) is 20.9. The number of anilines is 4. The predicted molar refractivity (Wildman–Crippen MR) is 115 cm³/mol. The first-order valence-electron chi connectivity index (χ1n) is 9.97. The summed E-state index contributed by atoms with van der Waals surface area (Å²) in [6.45, 7) is 3.92. The van der Waals surface area contributed by atoms with E-state index in [9.17, 15) is 9.18 Å². The molecule has 1 saturated heterocycles. The van der Waals surface area contributed by atoms with Crippen molar-refractivity contribution in [3.8, 4) is 0 Å². The molecule has 4 rings (SSSR count). The first kappa shape index (κ1) is 19.8. The molecule has 30 heavy (non-hydrogen) atoms. The average Bonchev–Trinajstić information content (AvgIpc) is 2.75. The van der Waals surface area contributed by atoms with E-state index in [2.05, 4.69) is 30.5 Å². The van der Waals surface area contributed by atoms with Gasteiger partial charge in [0.25, 0.3) is 5.91 Å². The van der Waals surface area contributed by atoms with Gasteiger partial charge in [0.1, 0.15) is 5.82 Å². The summed E-state index contributed by atoms with van der Waals surface area (Å²) in [5, 5.41) is 5.97. The molecule has 1 aliphatic rings. The van der Waals surface area contributed by atoms with Gasteiger partial charge in [0.15, 0.2) is 5.82 Å². The van der Waals surface area contributed by atoms with E-state index >= 15 is 0 Å². The highest BCUT2D eigenvalue weighted by Crippen LogP contribution is 2.22. The SMILES string of the molecule is Cc1cc(Nc2ccc(NC(=O)c3ccncc3F)cc2)nc(N2CCCCC2)n1. The molecule has 8 heteroatoms. The van der Waals surface area contributed by atoms with E-state index in [-0.39, 0.29) is 5.56 Å². The van der Waals surface area contributed by atoms with Gasteiger partial charge in [-0.2, -0.15) is 4.98 Å². The zero-order valence-corrected chi connectivity index (χ0v) is 16.7. The number of nitrogens with zero attached hydrogens (tertiary/aromatic N) is 4. The largest absolute Gasteiger partial charge is 0.341 e. The number of amides is 1. The van der Waals surface area contributed by atoms with Gasteiger partial charge >= 0.3 is 0 Å². The lowest BCUT2D eigenvalue weighted by Gasteiger charge is -2.27. The van der Waals surface area contributed by atoms with Crippen LogP contribution in [-0.4, -0.2) is 33.9 Å². The van der Waals surface area contributed by atoms with Crippen LogP contribution in [0.3, 0.4) is 0 Å². The lowest BCUT2D eigenvalue weighted by atomic mass is 10.1. The van der Waals surface area contributed by atoms with E-state index in [1.165, 1.54) is 18.7 Å². The van der Waals surface area contributed by atoms with Gasteiger partial charge in [0, 0.05) is 42.4 Å². The van der Waals surface area contributed by atoms with Crippen LogP contribution < -0.4 is 15.5 Å². The maximum absolute atomic E-state index is 13.7. The molecule has 2 N–H and O–H groups in total. The summed E-state index contributed by atoms with van der Waals surface area (Å²) in [5.41, 5.74) is 2.24. The Morgan fingerprint density at radius 3 is 2.50 bits per heavy atom. The van der Waals surface area contributed by atoms with Gasteiger partial charge in [-0.3, -0.25) is 9.78 Å². The number of aryl methyl sites for hydroxylation is 1. The third-order valence-electron chi connectivity index (χ3n) is 4.91. The van der Waals surface area contributed by atoms with Crippen molar-refractivity contribution in [1.82, 2.24) is 15.0 Å². The van der Waals surface area contributed by atoms with Gasteiger partial charge in [-0.25, -0.2) is 9.37 Å². The average molecular weight is 406 g/mol. The fraction of sp³-hybridized carbons (Fsp3) is 0.273. The van der Waals surface area contributed by atoms with E-state index in [1.54, 1.807) is 12.1 Å². The summed E-state index contributed by atoms with van der Waals surface area (Å²) in [7, 11) is 0. The number of pyridine rings is 1. The lowest BCUT2D eigenvalue weighted by molar-refractivity contribution is 0.102. The van der Waals surface area contributed by atoms with Crippen molar-refractivity contribution in [3.05, 3.63) is 65.9 Å². The molecule has 3 aromatic rings. The minimum absolute atomic E-state index is 0.0473. The molecule has 1 fully saturated rings. The second-order valence-electron chi connectivity index (χ2n) is 7.25. The number of carbonyl (C=O) groups is 1. The molecule has 3 heterocycles. The van der Waals surface area contributed by atoms with E-state index < -0.39 is 11.7 Å². The van der Waals surface area contributed by atoms with Crippen LogP contribution in [0.5, 0.6) is 0 Å². The summed E-state index contributed by atoms with van der Waals surface area (Å²) in [5.74, 6) is 0.296. The van der Waals surface area contributed by atoms with Crippen LogP contribution in [0.25, 0.3) is 0 Å². The van der Waals surface area contributed by atoms with Crippen LogP contribution in [0.1, 0.15) is 35.3 Å². The number of hydrogen-bond acceptors (Lipinski definition) is 6. The maximum atomic E-state index is 13.7. The van der Waals surface area contributed by atoms with Crippen LogP contribution in [0.15, 0.2) is 48.8 Å². The molecule has 0 bridgehead atoms. The Labute approximate surface area is 174 Å². The number of piperidine rings is 1. The van der Waals surface area contributed by atoms with Gasteiger partial charge in [0.2, 0.25) is 5.95 Å². The third-order valence-corrected chi connectivity index (χ3v) is 4.91. The summed E-state index contributed by atoms with van der Waals surface area (Å²) >= 11 is 0. The van der Waals surface area contributed by atoms with Crippen molar-refractivity contribution in [3.63, 3.8) is 0 Å². The minimum atomic E-state index is -0.656. The summed E-state index contributed by atoms with van der Waals surface area (Å²) in [6.07, 6.45) is 5.98. The molecule has 1 aliphatic heterocycles. The molecular weight excluding hydrogens is 383 g/mol. The number of nitrogens with one attached hydrogen (secondary N) is 2. The number of halogens is 1. The summed E-state index contributed by atoms with van der Waals surface area (Å²) in [4.78, 5) is 27.3. The van der Waals surface area contributed by atoms with Crippen molar-refractivity contribution in [2.75, 3.05) is 28.6 Å². The Kier molecular flexibility index (Phi) is 5.83. The monoisotopic (exact) mass is 406 g/mol. The van der Waals surface area contributed by atoms with Gasteiger partial charge in [-0.05, 0) is 56.5 Å². The normalized spacial score (nSPS) is 13.7. The van der Waals surface area contributed by atoms with Crippen LogP contribution in [-0.2, 0) is 0 Å². The van der Waals surface area contributed by atoms with Gasteiger partial charge in [-0.1, -0.05) is 0 Å². The van der Waals surface area contributed by atoms with Crippen molar-refractivity contribution >= 4 is 29.0 Å². The highest BCUT2D eigenvalue weighted by atomic mass is 19.1. The quantitative estimate of drug-likeness (QED) is 0.657. The van der Waals surface area contributed by atoms with Crippen LogP contribution >= 0.6 is 0 Å². The second-order valence-corrected chi connectivity index (χ2v) is 7.25. The Morgan fingerprint density at radius 1 is 1.03 bits per heavy atom. The first-order valence-corrected chi connectivity index (χ1v) is 9.97. The fourth-order valence-electron chi connectivity index (χ4n) is 3.39.